The monoisotopic (exact) mass is 293 g/mol. The fourth-order valence-electron chi connectivity index (χ4n) is 2.34. The van der Waals surface area contributed by atoms with Gasteiger partial charge in [0.1, 0.15) is 5.82 Å². The van der Waals surface area contributed by atoms with E-state index < -0.39 is 17.7 Å². The van der Waals surface area contributed by atoms with Gasteiger partial charge in [-0.2, -0.15) is 0 Å². The molecule has 1 unspecified atom stereocenters. The zero-order chi connectivity index (χ0) is 15.6. The van der Waals surface area contributed by atoms with Crippen LogP contribution in [0.25, 0.3) is 0 Å². The lowest BCUT2D eigenvalue weighted by Gasteiger charge is -2.21. The summed E-state index contributed by atoms with van der Waals surface area (Å²) in [5.41, 5.74) is 1.68. The number of benzene rings is 2. The molecule has 2 rings (SSSR count). The first-order valence-corrected chi connectivity index (χ1v) is 6.89. The molecule has 0 fully saturated rings. The Hall–Kier alpha value is -1.81. The maximum absolute atomic E-state index is 14.2. The minimum absolute atomic E-state index is 0.228. The average Bonchev–Trinajstić information content (AvgIpc) is 2.46. The molecule has 0 amide bonds. The summed E-state index contributed by atoms with van der Waals surface area (Å²) in [6.45, 7) is 5.63. The number of nitrogens with one attached hydrogen (secondary N) is 1. The summed E-state index contributed by atoms with van der Waals surface area (Å²) in [4.78, 5) is 0. The Labute approximate surface area is 122 Å². The SMILES string of the molecule is CCNC(c1ccc(F)c(C)c1)c1ccc(C)c(F)c1F. The molecule has 21 heavy (non-hydrogen) atoms. The quantitative estimate of drug-likeness (QED) is 0.880. The number of halogens is 3. The predicted molar refractivity (Wildman–Crippen MR) is 77.8 cm³/mol. The molecule has 0 bridgehead atoms. The van der Waals surface area contributed by atoms with Crippen LogP contribution in [0.15, 0.2) is 30.3 Å². The van der Waals surface area contributed by atoms with E-state index in [1.807, 2.05) is 6.92 Å². The fraction of sp³-hybridized carbons (Fsp3) is 0.294. The molecule has 2 aromatic carbocycles. The molecule has 0 heterocycles. The molecule has 0 aliphatic rings. The van der Waals surface area contributed by atoms with Gasteiger partial charge in [-0.05, 0) is 43.1 Å². The van der Waals surface area contributed by atoms with E-state index >= 15 is 0 Å². The maximum atomic E-state index is 14.2. The van der Waals surface area contributed by atoms with Crippen molar-refractivity contribution in [2.75, 3.05) is 6.54 Å². The first kappa shape index (κ1) is 15.6. The fourth-order valence-corrected chi connectivity index (χ4v) is 2.34. The second-order valence-electron chi connectivity index (χ2n) is 5.10. The van der Waals surface area contributed by atoms with Crippen LogP contribution in [0.1, 0.15) is 35.2 Å². The molecular formula is C17H18F3N. The van der Waals surface area contributed by atoms with Crippen LogP contribution >= 0.6 is 0 Å². The summed E-state index contributed by atoms with van der Waals surface area (Å²) in [7, 11) is 0. The van der Waals surface area contributed by atoms with Crippen molar-refractivity contribution in [1.82, 2.24) is 5.32 Å². The van der Waals surface area contributed by atoms with E-state index in [9.17, 15) is 13.2 Å². The highest BCUT2D eigenvalue weighted by Crippen LogP contribution is 2.28. The van der Waals surface area contributed by atoms with Crippen molar-refractivity contribution in [2.45, 2.75) is 26.8 Å². The standard InChI is InChI=1S/C17H18F3N/c1-4-21-17(12-6-8-14(18)11(3)9-12)13-7-5-10(2)15(19)16(13)20/h5-9,17,21H,4H2,1-3H3. The molecule has 0 aliphatic heterocycles. The Kier molecular flexibility index (Phi) is 4.68. The van der Waals surface area contributed by atoms with E-state index in [4.69, 9.17) is 0 Å². The number of aryl methyl sites for hydroxylation is 2. The smallest absolute Gasteiger partial charge is 0.164 e. The summed E-state index contributed by atoms with van der Waals surface area (Å²) in [6.07, 6.45) is 0. The Bertz CT molecular complexity index is 653. The van der Waals surface area contributed by atoms with Gasteiger partial charge in [0.05, 0.1) is 6.04 Å². The third-order valence-corrected chi connectivity index (χ3v) is 3.54. The molecule has 1 N–H and O–H groups in total. The normalized spacial score (nSPS) is 12.5. The highest BCUT2D eigenvalue weighted by molar-refractivity contribution is 5.37. The maximum Gasteiger partial charge on any atom is 0.164 e. The number of hydrogen-bond donors (Lipinski definition) is 1. The van der Waals surface area contributed by atoms with Gasteiger partial charge in [-0.1, -0.05) is 31.2 Å². The summed E-state index contributed by atoms with van der Waals surface area (Å²) >= 11 is 0. The van der Waals surface area contributed by atoms with Gasteiger partial charge in [-0.25, -0.2) is 13.2 Å². The Morgan fingerprint density at radius 2 is 1.67 bits per heavy atom. The summed E-state index contributed by atoms with van der Waals surface area (Å²) < 4.78 is 41.4. The van der Waals surface area contributed by atoms with E-state index in [1.54, 1.807) is 31.2 Å². The topological polar surface area (TPSA) is 12.0 Å². The van der Waals surface area contributed by atoms with Crippen molar-refractivity contribution in [3.63, 3.8) is 0 Å². The minimum Gasteiger partial charge on any atom is -0.306 e. The second-order valence-corrected chi connectivity index (χ2v) is 5.10. The zero-order valence-corrected chi connectivity index (χ0v) is 12.3. The Balaban J connectivity index is 2.53. The van der Waals surface area contributed by atoms with E-state index in [1.165, 1.54) is 13.0 Å². The molecule has 0 spiro atoms. The molecule has 0 radical (unpaired) electrons. The third kappa shape index (κ3) is 3.10. The molecule has 1 nitrogen and oxygen atoms in total. The summed E-state index contributed by atoms with van der Waals surface area (Å²) in [5, 5.41) is 3.12. The lowest BCUT2D eigenvalue weighted by molar-refractivity contribution is 0.478. The Morgan fingerprint density at radius 3 is 2.29 bits per heavy atom. The summed E-state index contributed by atoms with van der Waals surface area (Å²) in [5.74, 6) is -2.01. The molecule has 0 aromatic heterocycles. The molecule has 1 atom stereocenters. The van der Waals surface area contributed by atoms with Gasteiger partial charge in [-0.15, -0.1) is 0 Å². The van der Waals surface area contributed by atoms with Crippen molar-refractivity contribution >= 4 is 0 Å². The van der Waals surface area contributed by atoms with E-state index in [0.29, 0.717) is 17.7 Å². The second kappa shape index (κ2) is 6.31. The minimum atomic E-state index is -0.858. The van der Waals surface area contributed by atoms with Crippen LogP contribution < -0.4 is 5.32 Å². The molecule has 2 aromatic rings. The van der Waals surface area contributed by atoms with Gasteiger partial charge in [0, 0.05) is 5.56 Å². The molecule has 0 aliphatic carbocycles. The van der Waals surface area contributed by atoms with E-state index in [-0.39, 0.29) is 16.9 Å². The van der Waals surface area contributed by atoms with Crippen molar-refractivity contribution < 1.29 is 13.2 Å². The molecule has 4 heteroatoms. The van der Waals surface area contributed by atoms with Crippen LogP contribution in [0, 0.1) is 31.3 Å². The van der Waals surface area contributed by atoms with Gasteiger partial charge in [0.15, 0.2) is 11.6 Å². The van der Waals surface area contributed by atoms with E-state index in [0.717, 1.165) is 0 Å². The zero-order valence-electron chi connectivity index (χ0n) is 12.3. The van der Waals surface area contributed by atoms with Crippen LogP contribution in [0.2, 0.25) is 0 Å². The molecule has 112 valence electrons. The molecule has 0 saturated carbocycles. The predicted octanol–water partition coefficient (Wildman–Crippen LogP) is 4.42. The lowest BCUT2D eigenvalue weighted by Crippen LogP contribution is -2.23. The molecular weight excluding hydrogens is 275 g/mol. The van der Waals surface area contributed by atoms with Crippen LogP contribution in [-0.2, 0) is 0 Å². The van der Waals surface area contributed by atoms with Crippen molar-refractivity contribution in [1.29, 1.82) is 0 Å². The van der Waals surface area contributed by atoms with Crippen molar-refractivity contribution in [3.05, 3.63) is 70.0 Å². The third-order valence-electron chi connectivity index (χ3n) is 3.54. The Morgan fingerprint density at radius 1 is 0.952 bits per heavy atom. The van der Waals surface area contributed by atoms with Crippen molar-refractivity contribution in [3.8, 4) is 0 Å². The van der Waals surface area contributed by atoms with Gasteiger partial charge in [0.2, 0.25) is 0 Å². The van der Waals surface area contributed by atoms with Crippen molar-refractivity contribution in [2.24, 2.45) is 0 Å². The van der Waals surface area contributed by atoms with Crippen LogP contribution in [0.4, 0.5) is 13.2 Å². The highest BCUT2D eigenvalue weighted by atomic mass is 19.2. The highest BCUT2D eigenvalue weighted by Gasteiger charge is 2.21. The summed E-state index contributed by atoms with van der Waals surface area (Å²) in [6, 6.07) is 7.20. The van der Waals surface area contributed by atoms with Crippen LogP contribution in [0.5, 0.6) is 0 Å². The lowest BCUT2D eigenvalue weighted by atomic mass is 9.95. The van der Waals surface area contributed by atoms with E-state index in [2.05, 4.69) is 5.32 Å². The average molecular weight is 293 g/mol. The first-order valence-electron chi connectivity index (χ1n) is 6.89. The largest absolute Gasteiger partial charge is 0.306 e. The van der Waals surface area contributed by atoms with Gasteiger partial charge < -0.3 is 5.32 Å². The molecule has 0 saturated heterocycles. The van der Waals surface area contributed by atoms with Gasteiger partial charge in [-0.3, -0.25) is 0 Å². The van der Waals surface area contributed by atoms with Crippen LogP contribution in [-0.4, -0.2) is 6.54 Å². The van der Waals surface area contributed by atoms with Gasteiger partial charge >= 0.3 is 0 Å². The van der Waals surface area contributed by atoms with Crippen LogP contribution in [0.3, 0.4) is 0 Å². The first-order chi connectivity index (χ1) is 9.95. The van der Waals surface area contributed by atoms with Gasteiger partial charge in [0.25, 0.3) is 0 Å². The number of hydrogen-bond acceptors (Lipinski definition) is 1. The number of rotatable bonds is 4.